The number of halogens is 2. The van der Waals surface area contributed by atoms with Gasteiger partial charge in [-0.25, -0.2) is 19.3 Å². The van der Waals surface area contributed by atoms with Crippen LogP contribution in [-0.2, 0) is 6.42 Å². The number of hydrogen-bond acceptors (Lipinski definition) is 7. The third-order valence-electron chi connectivity index (χ3n) is 3.20. The maximum Gasteiger partial charge on any atom is 0.248 e. The van der Waals surface area contributed by atoms with Gasteiger partial charge in [-0.3, -0.25) is 9.78 Å². The molecule has 0 spiro atoms. The summed E-state index contributed by atoms with van der Waals surface area (Å²) in [5, 5.41) is -0.0565. The third kappa shape index (κ3) is 3.23. The predicted molar refractivity (Wildman–Crippen MR) is 83.8 cm³/mol. The van der Waals surface area contributed by atoms with Gasteiger partial charge in [0.1, 0.15) is 17.8 Å². The zero-order valence-electron chi connectivity index (χ0n) is 12.2. The van der Waals surface area contributed by atoms with Crippen LogP contribution in [-0.4, -0.2) is 25.7 Å². The molecule has 0 fully saturated rings. The number of pyridine rings is 1. The van der Waals surface area contributed by atoms with Gasteiger partial charge in [-0.15, -0.1) is 0 Å². The number of oxazole rings is 1. The van der Waals surface area contributed by atoms with E-state index < -0.39 is 11.6 Å². The second-order valence-corrected chi connectivity index (χ2v) is 5.15. The van der Waals surface area contributed by atoms with Gasteiger partial charge in [-0.2, -0.15) is 0 Å². The van der Waals surface area contributed by atoms with Crippen LogP contribution >= 0.6 is 11.6 Å². The summed E-state index contributed by atoms with van der Waals surface area (Å²) in [5.74, 6) is -0.833. The van der Waals surface area contributed by atoms with Crippen molar-refractivity contribution in [2.75, 3.05) is 5.73 Å². The fourth-order valence-electron chi connectivity index (χ4n) is 2.06. The molecular formula is C15H11ClFN5O2. The Morgan fingerprint density at radius 3 is 2.83 bits per heavy atom. The summed E-state index contributed by atoms with van der Waals surface area (Å²) in [5.41, 5.74) is 6.05. The highest BCUT2D eigenvalue weighted by molar-refractivity contribution is 6.31. The summed E-state index contributed by atoms with van der Waals surface area (Å²) in [4.78, 5) is 28.1. The van der Waals surface area contributed by atoms with E-state index in [0.717, 1.165) is 0 Å². The first-order valence-corrected chi connectivity index (χ1v) is 7.29. The molecule has 0 aliphatic heterocycles. The van der Waals surface area contributed by atoms with Crippen molar-refractivity contribution in [3.8, 4) is 11.6 Å². The smallest absolute Gasteiger partial charge is 0.248 e. The van der Waals surface area contributed by atoms with E-state index in [4.69, 9.17) is 21.8 Å². The number of carbonyl (C=O) groups excluding carboxylic acids is 1. The van der Waals surface area contributed by atoms with E-state index in [9.17, 15) is 9.18 Å². The minimum Gasteiger partial charge on any atom is -0.443 e. The highest BCUT2D eigenvalue weighted by Crippen LogP contribution is 2.25. The monoisotopic (exact) mass is 347 g/mol. The van der Waals surface area contributed by atoms with Crippen LogP contribution in [0.1, 0.15) is 22.6 Å². The van der Waals surface area contributed by atoms with Crippen LogP contribution < -0.4 is 5.73 Å². The number of rotatable bonds is 5. The van der Waals surface area contributed by atoms with Crippen LogP contribution in [0.5, 0.6) is 0 Å². The van der Waals surface area contributed by atoms with E-state index in [1.165, 1.54) is 30.8 Å². The number of aromatic nitrogens is 4. The molecule has 3 heterocycles. The molecule has 7 nitrogen and oxygen atoms in total. The molecule has 2 N–H and O–H groups in total. The lowest BCUT2D eigenvalue weighted by Crippen LogP contribution is -2.11. The first-order chi connectivity index (χ1) is 11.6. The van der Waals surface area contributed by atoms with E-state index >= 15 is 0 Å². The number of Topliss-reactive ketones (excluding diaryl/α,β-unsaturated/α-hetero) is 1. The maximum atomic E-state index is 13.5. The Bertz CT molecular complexity index is 886. The summed E-state index contributed by atoms with van der Waals surface area (Å²) in [6.45, 7) is 0. The van der Waals surface area contributed by atoms with E-state index in [0.29, 0.717) is 0 Å². The molecule has 122 valence electrons. The van der Waals surface area contributed by atoms with Crippen molar-refractivity contribution in [1.82, 2.24) is 19.9 Å². The molecule has 9 heteroatoms. The molecule has 0 aliphatic carbocycles. The molecule has 0 aliphatic rings. The molecule has 0 bridgehead atoms. The fourth-order valence-corrected chi connectivity index (χ4v) is 2.27. The number of nitrogen functional groups attached to an aromatic ring is 1. The third-order valence-corrected chi connectivity index (χ3v) is 3.47. The Kier molecular flexibility index (Phi) is 4.48. The van der Waals surface area contributed by atoms with Crippen molar-refractivity contribution in [2.45, 2.75) is 12.8 Å². The van der Waals surface area contributed by atoms with E-state index in [1.807, 2.05) is 0 Å². The molecule has 3 aromatic heterocycles. The number of hydrogen-bond donors (Lipinski definition) is 1. The van der Waals surface area contributed by atoms with Crippen molar-refractivity contribution in [3.05, 3.63) is 53.1 Å². The highest BCUT2D eigenvalue weighted by atomic mass is 35.5. The van der Waals surface area contributed by atoms with Gasteiger partial charge in [0.05, 0.1) is 11.9 Å². The minimum absolute atomic E-state index is 0.0263. The molecule has 0 atom stereocenters. The topological polar surface area (TPSA) is 108 Å². The van der Waals surface area contributed by atoms with E-state index in [2.05, 4.69) is 19.9 Å². The lowest BCUT2D eigenvalue weighted by atomic mass is 10.1. The number of ketones is 1. The summed E-state index contributed by atoms with van der Waals surface area (Å²) in [6.07, 6.45) is 4.32. The quantitative estimate of drug-likeness (QED) is 0.707. The molecule has 0 unspecified atom stereocenters. The van der Waals surface area contributed by atoms with E-state index in [-0.39, 0.29) is 46.8 Å². The van der Waals surface area contributed by atoms with Gasteiger partial charge >= 0.3 is 0 Å². The van der Waals surface area contributed by atoms with E-state index in [1.54, 1.807) is 0 Å². The minimum atomic E-state index is -0.471. The van der Waals surface area contributed by atoms with Gasteiger partial charge in [-0.1, -0.05) is 11.6 Å². The number of anilines is 1. The van der Waals surface area contributed by atoms with Crippen LogP contribution in [0, 0.1) is 5.82 Å². The zero-order valence-corrected chi connectivity index (χ0v) is 13.0. The standard InChI is InChI=1S/C15H11ClFN5O2/c16-13-12(15-20-6-7-24-15)22-14(18)11(21-13)10(23)4-3-9-8(17)2-1-5-19-9/h1-2,5-7H,3-4H2,(H2,18,22). The molecule has 24 heavy (non-hydrogen) atoms. The molecular weight excluding hydrogens is 337 g/mol. The van der Waals surface area contributed by atoms with Crippen molar-refractivity contribution in [2.24, 2.45) is 0 Å². The number of aryl methyl sites for hydroxylation is 1. The first kappa shape index (κ1) is 16.0. The van der Waals surface area contributed by atoms with Crippen LogP contribution in [0.2, 0.25) is 5.15 Å². The normalized spacial score (nSPS) is 10.8. The zero-order chi connectivity index (χ0) is 17.1. The molecule has 0 radical (unpaired) electrons. The average Bonchev–Trinajstić information content (AvgIpc) is 3.10. The summed E-state index contributed by atoms with van der Waals surface area (Å²) in [6, 6.07) is 2.76. The Balaban J connectivity index is 1.80. The largest absolute Gasteiger partial charge is 0.443 e. The van der Waals surface area contributed by atoms with Gasteiger partial charge in [0.15, 0.2) is 22.4 Å². The Morgan fingerprint density at radius 1 is 1.29 bits per heavy atom. The van der Waals surface area contributed by atoms with Crippen molar-refractivity contribution < 1.29 is 13.6 Å². The Labute approximate surface area is 140 Å². The molecule has 3 aromatic rings. The predicted octanol–water partition coefficient (Wildman–Crippen LogP) is 2.72. The maximum absolute atomic E-state index is 13.5. The number of nitrogens with two attached hydrogens (primary N) is 1. The summed E-state index contributed by atoms with van der Waals surface area (Å²) < 4.78 is 18.6. The van der Waals surface area contributed by atoms with Gasteiger partial charge in [0.25, 0.3) is 0 Å². The Morgan fingerprint density at radius 2 is 2.12 bits per heavy atom. The van der Waals surface area contributed by atoms with Crippen LogP contribution in [0.4, 0.5) is 10.2 Å². The van der Waals surface area contributed by atoms with Gasteiger partial charge in [0.2, 0.25) is 5.89 Å². The molecule has 3 rings (SSSR count). The first-order valence-electron chi connectivity index (χ1n) is 6.91. The number of nitrogens with zero attached hydrogens (tertiary/aromatic N) is 4. The molecule has 0 aromatic carbocycles. The van der Waals surface area contributed by atoms with Gasteiger partial charge in [0, 0.05) is 12.6 Å². The molecule has 0 saturated carbocycles. The summed E-state index contributed by atoms with van der Waals surface area (Å²) in [7, 11) is 0. The van der Waals surface area contributed by atoms with Crippen molar-refractivity contribution in [1.29, 1.82) is 0 Å². The van der Waals surface area contributed by atoms with Crippen molar-refractivity contribution in [3.63, 3.8) is 0 Å². The lowest BCUT2D eigenvalue weighted by Gasteiger charge is -2.06. The fraction of sp³-hybridized carbons (Fsp3) is 0.133. The molecule has 0 saturated heterocycles. The Hall–Kier alpha value is -2.87. The second-order valence-electron chi connectivity index (χ2n) is 4.79. The lowest BCUT2D eigenvalue weighted by molar-refractivity contribution is 0.0978. The van der Waals surface area contributed by atoms with Gasteiger partial charge in [-0.05, 0) is 18.6 Å². The van der Waals surface area contributed by atoms with Crippen LogP contribution in [0.15, 0.2) is 35.2 Å². The highest BCUT2D eigenvalue weighted by Gasteiger charge is 2.20. The second kappa shape index (κ2) is 6.71. The SMILES string of the molecule is Nc1nc(-c2ncco2)c(Cl)nc1C(=O)CCc1ncccc1F. The van der Waals surface area contributed by atoms with Crippen LogP contribution in [0.25, 0.3) is 11.6 Å². The molecule has 0 amide bonds. The summed E-state index contributed by atoms with van der Waals surface area (Å²) >= 11 is 6.03. The van der Waals surface area contributed by atoms with Crippen molar-refractivity contribution >= 4 is 23.2 Å². The van der Waals surface area contributed by atoms with Crippen LogP contribution in [0.3, 0.4) is 0 Å². The number of carbonyl (C=O) groups is 1. The average molecular weight is 348 g/mol. The van der Waals surface area contributed by atoms with Gasteiger partial charge < -0.3 is 10.2 Å².